The summed E-state index contributed by atoms with van der Waals surface area (Å²) >= 11 is 0. The topological polar surface area (TPSA) is 65.6 Å². The van der Waals surface area contributed by atoms with Gasteiger partial charge in [0, 0.05) is 34.6 Å². The summed E-state index contributed by atoms with van der Waals surface area (Å²) in [5.74, 6) is 1.45. The number of aromatic nitrogens is 3. The quantitative estimate of drug-likeness (QED) is 0.665. The van der Waals surface area contributed by atoms with Crippen LogP contribution in [0.4, 0.5) is 17.5 Å². The molecule has 23 heavy (non-hydrogen) atoms. The largest absolute Gasteiger partial charge is 0.361 e. The minimum absolute atomic E-state index is 0.0791. The van der Waals surface area contributed by atoms with E-state index in [1.54, 1.807) is 0 Å². The van der Waals surface area contributed by atoms with Crippen LogP contribution in [0.3, 0.4) is 0 Å². The zero-order valence-corrected chi connectivity index (χ0v) is 14.3. The van der Waals surface area contributed by atoms with Gasteiger partial charge in [-0.05, 0) is 52.3 Å². The van der Waals surface area contributed by atoms with Crippen molar-refractivity contribution < 1.29 is 0 Å². The van der Waals surface area contributed by atoms with Crippen molar-refractivity contribution in [1.82, 2.24) is 15.0 Å². The van der Waals surface area contributed by atoms with E-state index in [9.17, 15) is 0 Å². The van der Waals surface area contributed by atoms with Gasteiger partial charge in [-0.15, -0.1) is 0 Å². The van der Waals surface area contributed by atoms with Crippen molar-refractivity contribution >= 4 is 28.4 Å². The Labute approximate surface area is 136 Å². The van der Waals surface area contributed by atoms with E-state index >= 15 is 0 Å². The fourth-order valence-corrected chi connectivity index (χ4v) is 2.50. The van der Waals surface area contributed by atoms with Gasteiger partial charge in [-0.25, -0.2) is 4.98 Å². The van der Waals surface area contributed by atoms with Gasteiger partial charge < -0.3 is 15.6 Å². The van der Waals surface area contributed by atoms with Crippen LogP contribution in [0, 0.1) is 13.8 Å². The highest BCUT2D eigenvalue weighted by Crippen LogP contribution is 2.29. The third-order valence-corrected chi connectivity index (χ3v) is 3.64. The van der Waals surface area contributed by atoms with Crippen molar-refractivity contribution in [3.8, 4) is 0 Å². The molecule has 0 unspecified atom stereocenters. The highest BCUT2D eigenvalue weighted by Gasteiger charge is 2.13. The molecular weight excluding hydrogens is 286 g/mol. The molecule has 0 amide bonds. The second-order valence-corrected chi connectivity index (χ2v) is 6.92. The van der Waals surface area contributed by atoms with E-state index in [2.05, 4.69) is 71.5 Å². The van der Waals surface area contributed by atoms with E-state index in [0.29, 0.717) is 5.95 Å². The lowest BCUT2D eigenvalue weighted by Gasteiger charge is -2.21. The summed E-state index contributed by atoms with van der Waals surface area (Å²) in [5.41, 5.74) is 4.34. The Morgan fingerprint density at radius 1 is 1.04 bits per heavy atom. The summed E-state index contributed by atoms with van der Waals surface area (Å²) in [4.78, 5) is 12.3. The summed E-state index contributed by atoms with van der Waals surface area (Å²) in [6, 6.07) is 6.27. The molecule has 5 nitrogen and oxygen atoms in total. The van der Waals surface area contributed by atoms with Crippen LogP contribution in [0.5, 0.6) is 0 Å². The number of fused-ring (bicyclic) bond motifs is 1. The third kappa shape index (κ3) is 3.28. The van der Waals surface area contributed by atoms with Crippen LogP contribution >= 0.6 is 0 Å². The van der Waals surface area contributed by atoms with Crippen molar-refractivity contribution in [2.45, 2.75) is 40.2 Å². The lowest BCUT2D eigenvalue weighted by Crippen LogP contribution is -2.27. The summed E-state index contributed by atoms with van der Waals surface area (Å²) in [5, 5.41) is 7.91. The molecule has 3 rings (SSSR count). The lowest BCUT2D eigenvalue weighted by atomic mass is 10.1. The molecule has 0 atom stereocenters. The van der Waals surface area contributed by atoms with Gasteiger partial charge in [0.05, 0.1) is 5.52 Å². The van der Waals surface area contributed by atoms with Gasteiger partial charge in [-0.3, -0.25) is 0 Å². The molecule has 0 radical (unpaired) electrons. The minimum Gasteiger partial charge on any atom is -0.361 e. The van der Waals surface area contributed by atoms with E-state index in [1.807, 2.05) is 19.3 Å². The van der Waals surface area contributed by atoms with E-state index in [-0.39, 0.29) is 5.54 Å². The van der Waals surface area contributed by atoms with Gasteiger partial charge >= 0.3 is 0 Å². The highest BCUT2D eigenvalue weighted by molar-refractivity contribution is 5.95. The van der Waals surface area contributed by atoms with Crippen LogP contribution in [-0.4, -0.2) is 20.5 Å². The number of benzene rings is 1. The Bertz CT molecular complexity index is 842. The first kappa shape index (κ1) is 15.3. The van der Waals surface area contributed by atoms with Crippen LogP contribution in [0.15, 0.2) is 30.6 Å². The molecule has 0 aliphatic rings. The maximum absolute atomic E-state index is 4.62. The first-order valence-electron chi connectivity index (χ1n) is 7.79. The Hall–Kier alpha value is -2.56. The lowest BCUT2D eigenvalue weighted by molar-refractivity contribution is 0.626. The summed E-state index contributed by atoms with van der Waals surface area (Å²) in [7, 11) is 0. The molecular formula is C18H23N5. The van der Waals surface area contributed by atoms with Gasteiger partial charge in [-0.1, -0.05) is 6.07 Å². The Morgan fingerprint density at radius 3 is 2.57 bits per heavy atom. The van der Waals surface area contributed by atoms with E-state index in [1.165, 1.54) is 5.56 Å². The number of nitrogens with one attached hydrogen (secondary N) is 3. The number of rotatable bonds is 3. The molecule has 0 saturated carbocycles. The van der Waals surface area contributed by atoms with Gasteiger partial charge in [-0.2, -0.15) is 4.98 Å². The van der Waals surface area contributed by atoms with Crippen molar-refractivity contribution in [3.05, 3.63) is 41.7 Å². The van der Waals surface area contributed by atoms with Crippen molar-refractivity contribution in [2.24, 2.45) is 0 Å². The Balaban J connectivity index is 1.97. The summed E-state index contributed by atoms with van der Waals surface area (Å²) in [6.45, 7) is 10.4. The van der Waals surface area contributed by atoms with Crippen LogP contribution in [0.1, 0.15) is 31.9 Å². The molecule has 3 N–H and O–H groups in total. The predicted molar refractivity (Wildman–Crippen MR) is 96.5 cm³/mol. The van der Waals surface area contributed by atoms with Crippen molar-refractivity contribution in [1.29, 1.82) is 0 Å². The monoisotopic (exact) mass is 309 g/mol. The molecule has 2 aromatic heterocycles. The zero-order chi connectivity index (χ0) is 16.6. The first-order valence-corrected chi connectivity index (χ1v) is 7.79. The summed E-state index contributed by atoms with van der Waals surface area (Å²) in [6.07, 6.45) is 3.80. The van der Waals surface area contributed by atoms with Gasteiger partial charge in [0.1, 0.15) is 5.82 Å². The van der Waals surface area contributed by atoms with Crippen LogP contribution in [0.25, 0.3) is 10.9 Å². The SMILES string of the molecule is Cc1cnc(NC(C)(C)C)nc1Nc1ccc(C)c2[nH]ccc12. The molecule has 2 heterocycles. The fourth-order valence-electron chi connectivity index (χ4n) is 2.50. The molecule has 0 saturated heterocycles. The molecule has 0 spiro atoms. The molecule has 3 aromatic rings. The minimum atomic E-state index is -0.0791. The smallest absolute Gasteiger partial charge is 0.225 e. The molecule has 0 aliphatic carbocycles. The fraction of sp³-hybridized carbons (Fsp3) is 0.333. The van der Waals surface area contributed by atoms with Crippen LogP contribution in [-0.2, 0) is 0 Å². The van der Waals surface area contributed by atoms with E-state index < -0.39 is 0 Å². The Morgan fingerprint density at radius 2 is 1.83 bits per heavy atom. The predicted octanol–water partition coefficient (Wildman–Crippen LogP) is 4.53. The first-order chi connectivity index (χ1) is 10.8. The molecule has 120 valence electrons. The van der Waals surface area contributed by atoms with Gasteiger partial charge in [0.25, 0.3) is 0 Å². The molecule has 0 aliphatic heterocycles. The number of anilines is 3. The Kier molecular flexibility index (Phi) is 3.72. The normalized spacial score (nSPS) is 11.7. The molecule has 0 fully saturated rings. The average molecular weight is 309 g/mol. The molecule has 1 aromatic carbocycles. The number of hydrogen-bond acceptors (Lipinski definition) is 4. The number of aromatic amines is 1. The van der Waals surface area contributed by atoms with Gasteiger partial charge in [0.15, 0.2) is 0 Å². The second-order valence-electron chi connectivity index (χ2n) is 6.92. The maximum Gasteiger partial charge on any atom is 0.225 e. The number of nitrogens with zero attached hydrogens (tertiary/aromatic N) is 2. The van der Waals surface area contributed by atoms with E-state index in [0.717, 1.165) is 28.0 Å². The van der Waals surface area contributed by atoms with Crippen LogP contribution < -0.4 is 10.6 Å². The number of aryl methyl sites for hydroxylation is 2. The van der Waals surface area contributed by atoms with E-state index in [4.69, 9.17) is 0 Å². The van der Waals surface area contributed by atoms with Gasteiger partial charge in [0.2, 0.25) is 5.95 Å². The third-order valence-electron chi connectivity index (χ3n) is 3.64. The molecule has 0 bridgehead atoms. The average Bonchev–Trinajstić information content (AvgIpc) is 2.94. The summed E-state index contributed by atoms with van der Waals surface area (Å²) < 4.78 is 0. The standard InChI is InChI=1S/C18H23N5/c1-11-6-7-14(13-8-9-19-15(11)13)21-16-12(2)10-20-17(22-16)23-18(3,4)5/h6-10,19H,1-5H3,(H2,20,21,22,23). The highest BCUT2D eigenvalue weighted by atomic mass is 15.2. The zero-order valence-electron chi connectivity index (χ0n) is 14.3. The number of H-pyrrole nitrogens is 1. The molecule has 5 heteroatoms. The van der Waals surface area contributed by atoms with Crippen molar-refractivity contribution in [2.75, 3.05) is 10.6 Å². The van der Waals surface area contributed by atoms with Crippen LogP contribution in [0.2, 0.25) is 0 Å². The maximum atomic E-state index is 4.62. The number of hydrogen-bond donors (Lipinski definition) is 3. The van der Waals surface area contributed by atoms with Crippen molar-refractivity contribution in [3.63, 3.8) is 0 Å². The second kappa shape index (κ2) is 5.57.